The average Bonchev–Trinajstić information content (AvgIpc) is 2.70. The summed E-state index contributed by atoms with van der Waals surface area (Å²) in [5.74, 6) is 0.942. The molecule has 0 amide bonds. The van der Waals surface area contributed by atoms with E-state index in [4.69, 9.17) is 4.74 Å². The first kappa shape index (κ1) is 18.2. The van der Waals surface area contributed by atoms with Gasteiger partial charge in [-0.05, 0) is 47.7 Å². The Balaban J connectivity index is 1.68. The van der Waals surface area contributed by atoms with Crippen LogP contribution >= 0.6 is 0 Å². The molecule has 0 bridgehead atoms. The standard InChI is InChI=1S/C24H27NO/c1-3-5-17-26-24-15-12-20(13-16-24)19-7-9-21(10-8-19)22-11-14-23(6-4-2)25-18-22/h7-16,18H,3-6,17H2,1-2H3. The van der Waals surface area contributed by atoms with Gasteiger partial charge in [0.15, 0.2) is 0 Å². The van der Waals surface area contributed by atoms with Crippen LogP contribution < -0.4 is 4.74 Å². The van der Waals surface area contributed by atoms with Gasteiger partial charge in [0.1, 0.15) is 5.75 Å². The van der Waals surface area contributed by atoms with Crippen LogP contribution in [-0.4, -0.2) is 11.6 Å². The van der Waals surface area contributed by atoms with E-state index in [0.717, 1.165) is 49.3 Å². The predicted molar refractivity (Wildman–Crippen MR) is 110 cm³/mol. The Morgan fingerprint density at radius 3 is 1.81 bits per heavy atom. The molecule has 26 heavy (non-hydrogen) atoms. The van der Waals surface area contributed by atoms with Gasteiger partial charge >= 0.3 is 0 Å². The molecule has 2 heteroatoms. The van der Waals surface area contributed by atoms with Crippen molar-refractivity contribution in [3.05, 3.63) is 72.6 Å². The van der Waals surface area contributed by atoms with Gasteiger partial charge < -0.3 is 4.74 Å². The second kappa shape index (κ2) is 9.19. The van der Waals surface area contributed by atoms with E-state index in [9.17, 15) is 0 Å². The molecule has 1 aromatic heterocycles. The molecular weight excluding hydrogens is 318 g/mol. The van der Waals surface area contributed by atoms with Crippen LogP contribution in [0.4, 0.5) is 0 Å². The number of hydrogen-bond acceptors (Lipinski definition) is 2. The van der Waals surface area contributed by atoms with Crippen LogP contribution in [-0.2, 0) is 6.42 Å². The quantitative estimate of drug-likeness (QED) is 0.432. The number of benzene rings is 2. The Bertz CT molecular complexity index is 789. The summed E-state index contributed by atoms with van der Waals surface area (Å²) in [5.41, 5.74) is 5.94. The summed E-state index contributed by atoms with van der Waals surface area (Å²) in [4.78, 5) is 4.55. The zero-order valence-electron chi connectivity index (χ0n) is 15.7. The van der Waals surface area contributed by atoms with Gasteiger partial charge in [-0.3, -0.25) is 4.98 Å². The third-order valence-corrected chi connectivity index (χ3v) is 4.50. The molecule has 0 atom stereocenters. The van der Waals surface area contributed by atoms with Gasteiger partial charge in [-0.1, -0.05) is 69.2 Å². The van der Waals surface area contributed by atoms with Crippen LogP contribution in [0.5, 0.6) is 5.75 Å². The Hall–Kier alpha value is -2.61. The summed E-state index contributed by atoms with van der Waals surface area (Å²) < 4.78 is 5.73. The van der Waals surface area contributed by atoms with Crippen molar-refractivity contribution in [2.45, 2.75) is 39.5 Å². The normalized spacial score (nSPS) is 10.7. The number of rotatable bonds is 8. The molecule has 134 valence electrons. The fourth-order valence-corrected chi connectivity index (χ4v) is 2.93. The molecule has 3 rings (SSSR count). The van der Waals surface area contributed by atoms with Crippen molar-refractivity contribution in [2.24, 2.45) is 0 Å². The van der Waals surface area contributed by atoms with Gasteiger partial charge in [-0.2, -0.15) is 0 Å². The summed E-state index contributed by atoms with van der Waals surface area (Å²) in [6.07, 6.45) is 6.39. The topological polar surface area (TPSA) is 22.1 Å². The third-order valence-electron chi connectivity index (χ3n) is 4.50. The lowest BCUT2D eigenvalue weighted by Gasteiger charge is -2.08. The predicted octanol–water partition coefficient (Wildman–Crippen LogP) is 6.55. The maximum absolute atomic E-state index is 5.73. The molecule has 0 fully saturated rings. The van der Waals surface area contributed by atoms with Crippen LogP contribution in [0.15, 0.2) is 66.9 Å². The molecule has 0 aliphatic heterocycles. The van der Waals surface area contributed by atoms with E-state index in [1.54, 1.807) is 0 Å². The number of pyridine rings is 1. The first-order valence-electron chi connectivity index (χ1n) is 9.58. The second-order valence-electron chi connectivity index (χ2n) is 6.59. The molecule has 0 unspecified atom stereocenters. The lowest BCUT2D eigenvalue weighted by molar-refractivity contribution is 0.309. The third kappa shape index (κ3) is 4.72. The lowest BCUT2D eigenvalue weighted by Crippen LogP contribution is -1.95. The van der Waals surface area contributed by atoms with Crippen LogP contribution in [0.1, 0.15) is 38.8 Å². The monoisotopic (exact) mass is 345 g/mol. The molecule has 0 radical (unpaired) electrons. The molecule has 1 heterocycles. The minimum absolute atomic E-state index is 0.787. The van der Waals surface area contributed by atoms with Crippen molar-refractivity contribution >= 4 is 0 Å². The summed E-state index contributed by atoms with van der Waals surface area (Å²) in [6, 6.07) is 21.3. The van der Waals surface area contributed by atoms with Gasteiger partial charge in [0, 0.05) is 17.5 Å². The molecule has 2 aromatic carbocycles. The molecule has 0 saturated carbocycles. The van der Waals surface area contributed by atoms with Gasteiger partial charge in [0.05, 0.1) is 6.61 Å². The Kier molecular flexibility index (Phi) is 6.43. The highest BCUT2D eigenvalue weighted by Gasteiger charge is 2.02. The average molecular weight is 345 g/mol. The zero-order chi connectivity index (χ0) is 18.2. The molecule has 0 N–H and O–H groups in total. The number of ether oxygens (including phenoxy) is 1. The van der Waals surface area contributed by atoms with Crippen LogP contribution in [0.2, 0.25) is 0 Å². The highest BCUT2D eigenvalue weighted by atomic mass is 16.5. The molecule has 3 aromatic rings. The van der Waals surface area contributed by atoms with E-state index in [-0.39, 0.29) is 0 Å². The minimum Gasteiger partial charge on any atom is -0.494 e. The Morgan fingerprint density at radius 1 is 0.692 bits per heavy atom. The molecular formula is C24H27NO. The maximum atomic E-state index is 5.73. The van der Waals surface area contributed by atoms with Crippen molar-refractivity contribution in [3.8, 4) is 28.0 Å². The van der Waals surface area contributed by atoms with E-state index in [1.165, 1.54) is 16.7 Å². The molecule has 0 saturated heterocycles. The summed E-state index contributed by atoms with van der Waals surface area (Å²) in [7, 11) is 0. The van der Waals surface area contributed by atoms with Gasteiger partial charge in [-0.15, -0.1) is 0 Å². The summed E-state index contributed by atoms with van der Waals surface area (Å²) in [6.45, 7) is 5.14. The highest BCUT2D eigenvalue weighted by molar-refractivity contribution is 5.70. The van der Waals surface area contributed by atoms with Crippen LogP contribution in [0.25, 0.3) is 22.3 Å². The zero-order valence-corrected chi connectivity index (χ0v) is 15.7. The number of aryl methyl sites for hydroxylation is 1. The number of hydrogen-bond donors (Lipinski definition) is 0. The number of nitrogens with zero attached hydrogens (tertiary/aromatic N) is 1. The SMILES string of the molecule is CCCCOc1ccc(-c2ccc(-c3ccc(CCC)nc3)cc2)cc1. The largest absolute Gasteiger partial charge is 0.494 e. The minimum atomic E-state index is 0.787. The van der Waals surface area contributed by atoms with Crippen molar-refractivity contribution < 1.29 is 4.74 Å². The van der Waals surface area contributed by atoms with Crippen LogP contribution in [0.3, 0.4) is 0 Å². The van der Waals surface area contributed by atoms with Gasteiger partial charge in [-0.25, -0.2) is 0 Å². The summed E-state index contributed by atoms with van der Waals surface area (Å²) >= 11 is 0. The van der Waals surface area contributed by atoms with Crippen molar-refractivity contribution in [3.63, 3.8) is 0 Å². The maximum Gasteiger partial charge on any atom is 0.119 e. The fraction of sp³-hybridized carbons (Fsp3) is 0.292. The number of aromatic nitrogens is 1. The smallest absolute Gasteiger partial charge is 0.119 e. The van der Waals surface area contributed by atoms with E-state index >= 15 is 0 Å². The van der Waals surface area contributed by atoms with Crippen LogP contribution in [0, 0.1) is 0 Å². The molecule has 2 nitrogen and oxygen atoms in total. The van der Waals surface area contributed by atoms with E-state index in [1.807, 2.05) is 6.20 Å². The Morgan fingerprint density at radius 2 is 1.27 bits per heavy atom. The first-order chi connectivity index (χ1) is 12.8. The molecule has 0 aliphatic rings. The first-order valence-corrected chi connectivity index (χ1v) is 9.58. The number of unbranched alkanes of at least 4 members (excludes halogenated alkanes) is 1. The summed E-state index contributed by atoms with van der Waals surface area (Å²) in [5, 5.41) is 0. The van der Waals surface area contributed by atoms with E-state index < -0.39 is 0 Å². The highest BCUT2D eigenvalue weighted by Crippen LogP contribution is 2.26. The van der Waals surface area contributed by atoms with Gasteiger partial charge in [0.25, 0.3) is 0 Å². The van der Waals surface area contributed by atoms with Crippen molar-refractivity contribution in [2.75, 3.05) is 6.61 Å². The fourth-order valence-electron chi connectivity index (χ4n) is 2.93. The molecule has 0 aliphatic carbocycles. The lowest BCUT2D eigenvalue weighted by atomic mass is 10.0. The van der Waals surface area contributed by atoms with Crippen molar-refractivity contribution in [1.29, 1.82) is 0 Å². The van der Waals surface area contributed by atoms with Crippen molar-refractivity contribution in [1.82, 2.24) is 4.98 Å². The van der Waals surface area contributed by atoms with Gasteiger partial charge in [0.2, 0.25) is 0 Å². The van der Waals surface area contributed by atoms with E-state index in [0.29, 0.717) is 0 Å². The van der Waals surface area contributed by atoms with E-state index in [2.05, 4.69) is 79.5 Å². The molecule has 0 spiro atoms. The second-order valence-corrected chi connectivity index (χ2v) is 6.59. The Labute approximate surface area is 156 Å².